The summed E-state index contributed by atoms with van der Waals surface area (Å²) in [5.41, 5.74) is 6.91. The number of nitrogens with zero attached hydrogens (tertiary/aromatic N) is 1. The van der Waals surface area contributed by atoms with Crippen LogP contribution in [-0.4, -0.2) is 35.7 Å². The first-order valence-electron chi connectivity index (χ1n) is 6.68. The number of benzene rings is 1. The summed E-state index contributed by atoms with van der Waals surface area (Å²) in [5.74, 6) is -1.09. The molecule has 1 heterocycles. The van der Waals surface area contributed by atoms with Crippen LogP contribution in [0.3, 0.4) is 0 Å². The minimum atomic E-state index is -0.353. The average Bonchev–Trinajstić information content (AvgIpc) is 2.98. The van der Waals surface area contributed by atoms with Crippen LogP contribution >= 0.6 is 0 Å². The van der Waals surface area contributed by atoms with Crippen LogP contribution in [0.25, 0.3) is 0 Å². The van der Waals surface area contributed by atoms with E-state index in [2.05, 4.69) is 5.32 Å². The van der Waals surface area contributed by atoms with E-state index in [1.165, 1.54) is 13.1 Å². The summed E-state index contributed by atoms with van der Waals surface area (Å²) in [5, 5.41) is 2.76. The van der Waals surface area contributed by atoms with E-state index in [1.807, 2.05) is 6.08 Å². The Morgan fingerprint density at radius 3 is 2.62 bits per heavy atom. The molecule has 3 rings (SSSR count). The molecule has 0 bridgehead atoms. The second-order valence-corrected chi connectivity index (χ2v) is 5.31. The molecule has 1 aliphatic carbocycles. The Balaban J connectivity index is 1.80. The van der Waals surface area contributed by atoms with E-state index in [0.717, 1.165) is 4.90 Å². The molecule has 0 aromatic heterocycles. The molecule has 0 spiro atoms. The molecule has 0 fully saturated rings. The summed E-state index contributed by atoms with van der Waals surface area (Å²) in [7, 11) is 1.44. The number of imide groups is 1. The van der Waals surface area contributed by atoms with Crippen molar-refractivity contribution in [2.45, 2.75) is 12.5 Å². The molecule has 2 unspecified atom stereocenters. The zero-order valence-electron chi connectivity index (χ0n) is 11.5. The van der Waals surface area contributed by atoms with Crippen LogP contribution in [0.1, 0.15) is 27.1 Å². The number of rotatable bonds is 2. The fourth-order valence-electron chi connectivity index (χ4n) is 2.60. The fraction of sp³-hybridized carbons (Fsp3) is 0.267. The zero-order chi connectivity index (χ0) is 15.1. The van der Waals surface area contributed by atoms with Crippen molar-refractivity contribution in [2.75, 3.05) is 12.4 Å². The zero-order valence-corrected chi connectivity index (χ0v) is 11.5. The normalized spacial score (nSPS) is 23.6. The highest BCUT2D eigenvalue weighted by Crippen LogP contribution is 2.25. The van der Waals surface area contributed by atoms with E-state index in [1.54, 1.807) is 18.2 Å². The Morgan fingerprint density at radius 1 is 1.24 bits per heavy atom. The third-order valence-corrected chi connectivity index (χ3v) is 3.81. The number of amides is 3. The summed E-state index contributed by atoms with van der Waals surface area (Å²) in [6.45, 7) is 0. The van der Waals surface area contributed by atoms with Gasteiger partial charge in [0, 0.05) is 18.8 Å². The molecule has 108 valence electrons. The van der Waals surface area contributed by atoms with Gasteiger partial charge in [-0.05, 0) is 24.6 Å². The van der Waals surface area contributed by atoms with E-state index in [4.69, 9.17) is 5.73 Å². The van der Waals surface area contributed by atoms with E-state index in [9.17, 15) is 14.4 Å². The topological polar surface area (TPSA) is 92.5 Å². The maximum atomic E-state index is 12.1. The standard InChI is InChI=1S/C15H15N3O3/c1-18-14(20)11-5-4-10(7-12(11)15(18)21)17-13(19)8-2-3-9(16)6-8/h2-5,7-9H,6,16H2,1H3,(H,17,19). The lowest BCUT2D eigenvalue weighted by atomic mass is 10.1. The number of hydrogen-bond acceptors (Lipinski definition) is 4. The Bertz CT molecular complexity index is 681. The van der Waals surface area contributed by atoms with Crippen molar-refractivity contribution in [3.8, 4) is 0 Å². The van der Waals surface area contributed by atoms with Gasteiger partial charge in [0.25, 0.3) is 11.8 Å². The van der Waals surface area contributed by atoms with E-state index >= 15 is 0 Å². The summed E-state index contributed by atoms with van der Waals surface area (Å²) < 4.78 is 0. The van der Waals surface area contributed by atoms with Gasteiger partial charge in [0.1, 0.15) is 0 Å². The van der Waals surface area contributed by atoms with Gasteiger partial charge in [0.05, 0.1) is 17.0 Å². The Labute approximate surface area is 121 Å². The molecule has 1 aromatic rings. The predicted molar refractivity (Wildman–Crippen MR) is 76.7 cm³/mol. The number of carbonyl (C=O) groups excluding carboxylic acids is 3. The van der Waals surface area contributed by atoms with Crippen molar-refractivity contribution in [1.29, 1.82) is 0 Å². The minimum absolute atomic E-state index is 0.0892. The van der Waals surface area contributed by atoms with Crippen LogP contribution in [0.2, 0.25) is 0 Å². The van der Waals surface area contributed by atoms with Crippen molar-refractivity contribution >= 4 is 23.4 Å². The highest BCUT2D eigenvalue weighted by molar-refractivity contribution is 6.21. The number of nitrogens with one attached hydrogen (secondary N) is 1. The van der Waals surface area contributed by atoms with Gasteiger partial charge in [-0.3, -0.25) is 19.3 Å². The van der Waals surface area contributed by atoms with E-state index < -0.39 is 0 Å². The predicted octanol–water partition coefficient (Wildman–Crippen LogP) is 0.754. The van der Waals surface area contributed by atoms with Gasteiger partial charge in [-0.25, -0.2) is 0 Å². The monoisotopic (exact) mass is 285 g/mol. The van der Waals surface area contributed by atoms with Crippen LogP contribution in [0.4, 0.5) is 5.69 Å². The van der Waals surface area contributed by atoms with Gasteiger partial charge in [-0.2, -0.15) is 0 Å². The number of carbonyl (C=O) groups is 3. The second kappa shape index (κ2) is 4.82. The van der Waals surface area contributed by atoms with Gasteiger partial charge < -0.3 is 11.1 Å². The number of anilines is 1. The van der Waals surface area contributed by atoms with Crippen LogP contribution in [0.15, 0.2) is 30.4 Å². The van der Waals surface area contributed by atoms with E-state index in [0.29, 0.717) is 23.2 Å². The molecule has 3 amide bonds. The number of fused-ring (bicyclic) bond motifs is 1. The van der Waals surface area contributed by atoms with Crippen LogP contribution in [0.5, 0.6) is 0 Å². The van der Waals surface area contributed by atoms with Crippen molar-refractivity contribution in [3.63, 3.8) is 0 Å². The minimum Gasteiger partial charge on any atom is -0.326 e. The third-order valence-electron chi connectivity index (χ3n) is 3.81. The highest BCUT2D eigenvalue weighted by Gasteiger charge is 2.33. The first-order valence-corrected chi connectivity index (χ1v) is 6.68. The highest BCUT2D eigenvalue weighted by atomic mass is 16.2. The summed E-state index contributed by atoms with van der Waals surface area (Å²) >= 11 is 0. The lowest BCUT2D eigenvalue weighted by molar-refractivity contribution is -0.118. The van der Waals surface area contributed by atoms with Gasteiger partial charge >= 0.3 is 0 Å². The molecule has 2 aliphatic rings. The molecule has 0 radical (unpaired) electrons. The van der Waals surface area contributed by atoms with Crippen LogP contribution in [0, 0.1) is 5.92 Å². The SMILES string of the molecule is CN1C(=O)c2ccc(NC(=O)C3C=CC(N)C3)cc2C1=O. The van der Waals surface area contributed by atoms with Gasteiger partial charge in [0.2, 0.25) is 5.91 Å². The first-order chi connectivity index (χ1) is 9.97. The number of nitrogens with two attached hydrogens (primary N) is 1. The fourth-order valence-corrected chi connectivity index (χ4v) is 2.60. The second-order valence-electron chi connectivity index (χ2n) is 5.31. The largest absolute Gasteiger partial charge is 0.326 e. The number of hydrogen-bond donors (Lipinski definition) is 2. The van der Waals surface area contributed by atoms with Gasteiger partial charge in [0.15, 0.2) is 0 Å². The lowest BCUT2D eigenvalue weighted by Gasteiger charge is -2.11. The average molecular weight is 285 g/mol. The summed E-state index contributed by atoms with van der Waals surface area (Å²) in [6, 6.07) is 4.63. The van der Waals surface area contributed by atoms with Crippen LogP contribution < -0.4 is 11.1 Å². The molecule has 6 heteroatoms. The van der Waals surface area contributed by atoms with Crippen molar-refractivity contribution in [1.82, 2.24) is 4.90 Å². The van der Waals surface area contributed by atoms with Crippen molar-refractivity contribution in [2.24, 2.45) is 11.7 Å². The smallest absolute Gasteiger partial charge is 0.261 e. The van der Waals surface area contributed by atoms with Gasteiger partial charge in [-0.1, -0.05) is 12.2 Å². The Hall–Kier alpha value is -2.47. The Kier molecular flexibility index (Phi) is 3.10. The quantitative estimate of drug-likeness (QED) is 0.619. The lowest BCUT2D eigenvalue weighted by Crippen LogP contribution is -2.24. The van der Waals surface area contributed by atoms with Crippen molar-refractivity contribution in [3.05, 3.63) is 41.5 Å². The maximum Gasteiger partial charge on any atom is 0.261 e. The Morgan fingerprint density at radius 2 is 1.95 bits per heavy atom. The molecule has 1 aliphatic heterocycles. The molecular formula is C15H15N3O3. The summed E-state index contributed by atoms with van der Waals surface area (Å²) in [4.78, 5) is 36.8. The first kappa shape index (κ1) is 13.5. The molecule has 2 atom stereocenters. The maximum absolute atomic E-state index is 12.1. The molecule has 6 nitrogen and oxygen atoms in total. The molecule has 21 heavy (non-hydrogen) atoms. The molecule has 0 saturated heterocycles. The van der Waals surface area contributed by atoms with Crippen molar-refractivity contribution < 1.29 is 14.4 Å². The molecule has 1 aromatic carbocycles. The van der Waals surface area contributed by atoms with E-state index in [-0.39, 0.29) is 29.7 Å². The summed E-state index contributed by atoms with van der Waals surface area (Å²) in [6.07, 6.45) is 4.18. The molecular weight excluding hydrogens is 270 g/mol. The molecule has 3 N–H and O–H groups in total. The third kappa shape index (κ3) is 2.23. The molecule has 0 saturated carbocycles. The van der Waals surface area contributed by atoms with Crippen LogP contribution in [-0.2, 0) is 4.79 Å². The van der Waals surface area contributed by atoms with Gasteiger partial charge in [-0.15, -0.1) is 0 Å².